The Labute approximate surface area is 69.5 Å². The molecule has 62 valence electrons. The predicted molar refractivity (Wildman–Crippen MR) is 45.1 cm³/mol. The van der Waals surface area contributed by atoms with Crippen LogP contribution in [0.5, 0.6) is 0 Å². The summed E-state index contributed by atoms with van der Waals surface area (Å²) in [6.45, 7) is 1.97. The normalized spacial score (nSPS) is 10.5. The van der Waals surface area contributed by atoms with Crippen LogP contribution in [0.4, 0.5) is 5.95 Å². The fourth-order valence-electron chi connectivity index (χ4n) is 1.10. The molecule has 0 amide bonds. The molecule has 0 spiro atoms. The van der Waals surface area contributed by atoms with Crippen molar-refractivity contribution in [2.24, 2.45) is 0 Å². The van der Waals surface area contributed by atoms with Crippen LogP contribution in [-0.4, -0.2) is 26.6 Å². The Balaban J connectivity index is 2.81. The van der Waals surface area contributed by atoms with Gasteiger partial charge in [-0.05, 0) is 6.92 Å². The number of rotatable bonds is 1. The smallest absolute Gasteiger partial charge is 0.227 e. The fourth-order valence-corrected chi connectivity index (χ4v) is 1.10. The van der Waals surface area contributed by atoms with Crippen LogP contribution in [0.3, 0.4) is 0 Å². The van der Waals surface area contributed by atoms with Crippen molar-refractivity contribution in [3.8, 4) is 0 Å². The Bertz CT molecular complexity index is 405. The van der Waals surface area contributed by atoms with E-state index in [1.807, 2.05) is 6.92 Å². The minimum Gasteiger partial charge on any atom is -0.357 e. The SMILES string of the molecule is CNc1ncnc2c(C)cnn12. The summed E-state index contributed by atoms with van der Waals surface area (Å²) in [6.07, 6.45) is 3.29. The summed E-state index contributed by atoms with van der Waals surface area (Å²) in [5, 5.41) is 7.05. The fraction of sp³-hybridized carbons (Fsp3) is 0.286. The molecule has 2 heterocycles. The summed E-state index contributed by atoms with van der Waals surface area (Å²) in [6, 6.07) is 0. The Hall–Kier alpha value is -1.65. The molecule has 0 saturated carbocycles. The quantitative estimate of drug-likeness (QED) is 0.664. The minimum atomic E-state index is 0.702. The van der Waals surface area contributed by atoms with Crippen LogP contribution in [0, 0.1) is 6.92 Å². The van der Waals surface area contributed by atoms with Crippen LogP contribution < -0.4 is 5.32 Å². The van der Waals surface area contributed by atoms with Gasteiger partial charge in [0.2, 0.25) is 5.95 Å². The van der Waals surface area contributed by atoms with Crippen molar-refractivity contribution in [3.05, 3.63) is 18.1 Å². The molecule has 0 aromatic carbocycles. The molecule has 0 saturated heterocycles. The first-order valence-electron chi connectivity index (χ1n) is 3.66. The highest BCUT2D eigenvalue weighted by Crippen LogP contribution is 2.08. The van der Waals surface area contributed by atoms with Crippen molar-refractivity contribution in [3.63, 3.8) is 0 Å². The highest BCUT2D eigenvalue weighted by Gasteiger charge is 2.03. The van der Waals surface area contributed by atoms with E-state index in [0.29, 0.717) is 5.95 Å². The first-order valence-corrected chi connectivity index (χ1v) is 3.66. The molecular weight excluding hydrogens is 154 g/mol. The van der Waals surface area contributed by atoms with Gasteiger partial charge < -0.3 is 5.32 Å². The van der Waals surface area contributed by atoms with E-state index in [2.05, 4.69) is 20.4 Å². The molecule has 0 radical (unpaired) electrons. The van der Waals surface area contributed by atoms with Gasteiger partial charge in [-0.2, -0.15) is 9.61 Å². The number of aryl methyl sites for hydroxylation is 1. The molecule has 5 heteroatoms. The molecule has 0 bridgehead atoms. The average Bonchev–Trinajstić information content (AvgIpc) is 2.48. The van der Waals surface area contributed by atoms with Crippen molar-refractivity contribution >= 4 is 11.6 Å². The number of hydrogen-bond donors (Lipinski definition) is 1. The molecule has 12 heavy (non-hydrogen) atoms. The van der Waals surface area contributed by atoms with Gasteiger partial charge in [0, 0.05) is 12.6 Å². The lowest BCUT2D eigenvalue weighted by molar-refractivity contribution is 0.898. The number of anilines is 1. The first kappa shape index (κ1) is 7.02. The third kappa shape index (κ3) is 0.827. The number of nitrogens with one attached hydrogen (secondary N) is 1. The third-order valence-electron chi connectivity index (χ3n) is 1.70. The van der Waals surface area contributed by atoms with Gasteiger partial charge in [-0.1, -0.05) is 0 Å². The summed E-state index contributed by atoms with van der Waals surface area (Å²) in [5.41, 5.74) is 1.89. The van der Waals surface area contributed by atoms with Gasteiger partial charge in [-0.25, -0.2) is 9.97 Å². The highest BCUT2D eigenvalue weighted by molar-refractivity contribution is 5.48. The van der Waals surface area contributed by atoms with E-state index < -0.39 is 0 Å². The van der Waals surface area contributed by atoms with Crippen molar-refractivity contribution in [2.75, 3.05) is 12.4 Å². The molecule has 2 aromatic heterocycles. The maximum atomic E-state index is 4.12. The van der Waals surface area contributed by atoms with Crippen LogP contribution in [-0.2, 0) is 0 Å². The molecule has 0 aliphatic heterocycles. The lowest BCUT2D eigenvalue weighted by atomic mass is 10.4. The van der Waals surface area contributed by atoms with E-state index in [1.54, 1.807) is 17.8 Å². The third-order valence-corrected chi connectivity index (χ3v) is 1.70. The van der Waals surface area contributed by atoms with Gasteiger partial charge in [0.1, 0.15) is 6.33 Å². The molecule has 0 fully saturated rings. The van der Waals surface area contributed by atoms with E-state index in [1.165, 1.54) is 6.33 Å². The van der Waals surface area contributed by atoms with Crippen LogP contribution >= 0.6 is 0 Å². The topological polar surface area (TPSA) is 55.1 Å². The molecular formula is C7H9N5. The molecule has 2 aromatic rings. The molecule has 1 N–H and O–H groups in total. The lowest BCUT2D eigenvalue weighted by Crippen LogP contribution is -2.02. The largest absolute Gasteiger partial charge is 0.357 e. The van der Waals surface area contributed by atoms with E-state index in [4.69, 9.17) is 0 Å². The molecule has 0 atom stereocenters. The van der Waals surface area contributed by atoms with Crippen LogP contribution in [0.1, 0.15) is 5.56 Å². The summed E-state index contributed by atoms with van der Waals surface area (Å²) in [4.78, 5) is 8.12. The maximum Gasteiger partial charge on any atom is 0.227 e. The maximum absolute atomic E-state index is 4.12. The Morgan fingerprint density at radius 2 is 2.25 bits per heavy atom. The van der Waals surface area contributed by atoms with Gasteiger partial charge in [-0.3, -0.25) is 0 Å². The zero-order chi connectivity index (χ0) is 8.55. The summed E-state index contributed by atoms with van der Waals surface area (Å²) in [5.74, 6) is 0.702. The first-order chi connectivity index (χ1) is 5.83. The minimum absolute atomic E-state index is 0.702. The predicted octanol–water partition coefficient (Wildman–Crippen LogP) is 0.474. The van der Waals surface area contributed by atoms with Gasteiger partial charge in [0.25, 0.3) is 0 Å². The standard InChI is InChI=1S/C7H9N5/c1-5-3-11-12-6(5)9-4-10-7(12)8-2/h3-4H,1-2H3,(H,8,9,10). The second kappa shape index (κ2) is 2.44. The highest BCUT2D eigenvalue weighted by atomic mass is 15.3. The van der Waals surface area contributed by atoms with Gasteiger partial charge in [-0.15, -0.1) is 0 Å². The Kier molecular flexibility index (Phi) is 1.43. The Morgan fingerprint density at radius 1 is 1.42 bits per heavy atom. The second-order valence-corrected chi connectivity index (χ2v) is 2.51. The summed E-state index contributed by atoms with van der Waals surface area (Å²) < 4.78 is 1.68. The number of hydrogen-bond acceptors (Lipinski definition) is 4. The molecule has 5 nitrogen and oxygen atoms in total. The van der Waals surface area contributed by atoms with Gasteiger partial charge in [0.15, 0.2) is 5.65 Å². The number of nitrogens with zero attached hydrogens (tertiary/aromatic N) is 4. The molecule has 0 unspecified atom stereocenters. The molecule has 2 rings (SSSR count). The van der Waals surface area contributed by atoms with E-state index >= 15 is 0 Å². The summed E-state index contributed by atoms with van der Waals surface area (Å²) in [7, 11) is 1.80. The second-order valence-electron chi connectivity index (χ2n) is 2.51. The summed E-state index contributed by atoms with van der Waals surface area (Å²) >= 11 is 0. The lowest BCUT2D eigenvalue weighted by Gasteiger charge is -1.99. The van der Waals surface area contributed by atoms with Crippen molar-refractivity contribution < 1.29 is 0 Å². The van der Waals surface area contributed by atoms with Gasteiger partial charge >= 0.3 is 0 Å². The van der Waals surface area contributed by atoms with E-state index in [9.17, 15) is 0 Å². The number of fused-ring (bicyclic) bond motifs is 1. The van der Waals surface area contributed by atoms with Crippen LogP contribution in [0.25, 0.3) is 5.65 Å². The van der Waals surface area contributed by atoms with E-state index in [-0.39, 0.29) is 0 Å². The number of aromatic nitrogens is 4. The molecule has 0 aliphatic carbocycles. The van der Waals surface area contributed by atoms with E-state index in [0.717, 1.165) is 11.2 Å². The van der Waals surface area contributed by atoms with Crippen molar-refractivity contribution in [2.45, 2.75) is 6.92 Å². The zero-order valence-corrected chi connectivity index (χ0v) is 6.94. The monoisotopic (exact) mass is 163 g/mol. The molecule has 0 aliphatic rings. The van der Waals surface area contributed by atoms with Crippen molar-refractivity contribution in [1.82, 2.24) is 19.6 Å². The zero-order valence-electron chi connectivity index (χ0n) is 6.94. The van der Waals surface area contributed by atoms with Crippen molar-refractivity contribution in [1.29, 1.82) is 0 Å². The Morgan fingerprint density at radius 3 is 3.00 bits per heavy atom. The van der Waals surface area contributed by atoms with Crippen LogP contribution in [0.15, 0.2) is 12.5 Å². The van der Waals surface area contributed by atoms with Crippen LogP contribution in [0.2, 0.25) is 0 Å². The van der Waals surface area contributed by atoms with Gasteiger partial charge in [0.05, 0.1) is 6.20 Å². The average molecular weight is 163 g/mol.